The molecule has 1 heterocycles. The zero-order valence-electron chi connectivity index (χ0n) is 10.1. The van der Waals surface area contributed by atoms with Crippen molar-refractivity contribution < 1.29 is 19.0 Å². The van der Waals surface area contributed by atoms with Gasteiger partial charge in [0.2, 0.25) is 0 Å². The van der Waals surface area contributed by atoms with Crippen molar-refractivity contribution in [1.29, 1.82) is 0 Å². The number of fused-ring (bicyclic) bond motifs is 1. The van der Waals surface area contributed by atoms with Crippen LogP contribution in [-0.4, -0.2) is 25.0 Å². The number of hydrogen-bond acceptors (Lipinski definition) is 4. The lowest BCUT2D eigenvalue weighted by Crippen LogP contribution is -2.34. The summed E-state index contributed by atoms with van der Waals surface area (Å²) in [5, 5.41) is 2.71. The van der Waals surface area contributed by atoms with Crippen molar-refractivity contribution in [1.82, 2.24) is 5.32 Å². The molecule has 0 bridgehead atoms. The molecule has 5 nitrogen and oxygen atoms in total. The molecule has 1 aliphatic carbocycles. The van der Waals surface area contributed by atoms with Crippen LogP contribution in [-0.2, 0) is 27.4 Å². The Morgan fingerprint density at radius 2 is 1.94 bits per heavy atom. The summed E-state index contributed by atoms with van der Waals surface area (Å²) in [5.74, 6) is -0.673. The van der Waals surface area contributed by atoms with Crippen LogP contribution in [0.2, 0.25) is 0 Å². The minimum absolute atomic E-state index is 0.126. The summed E-state index contributed by atoms with van der Waals surface area (Å²) in [6.45, 7) is 1.02. The average Bonchev–Trinajstić information content (AvgIpc) is 3.12. The molecule has 1 aromatic rings. The van der Waals surface area contributed by atoms with E-state index in [0.29, 0.717) is 19.6 Å². The van der Waals surface area contributed by atoms with E-state index in [1.54, 1.807) is 0 Å². The smallest absolute Gasteiger partial charge is 0.407 e. The van der Waals surface area contributed by atoms with Crippen molar-refractivity contribution in [2.24, 2.45) is 0 Å². The van der Waals surface area contributed by atoms with Gasteiger partial charge in [0.15, 0.2) is 5.79 Å². The molecular weight excluding hydrogens is 234 g/mol. The molecule has 1 N–H and O–H groups in total. The number of benzene rings is 1. The van der Waals surface area contributed by atoms with Gasteiger partial charge in [-0.25, -0.2) is 4.79 Å². The number of carbonyl (C=O) groups is 1. The lowest BCUT2D eigenvalue weighted by atomic mass is 10.1. The first-order valence-corrected chi connectivity index (χ1v) is 5.93. The van der Waals surface area contributed by atoms with Gasteiger partial charge in [-0.05, 0) is 11.1 Å². The largest absolute Gasteiger partial charge is 0.453 e. The van der Waals surface area contributed by atoms with Crippen LogP contribution in [0.3, 0.4) is 0 Å². The summed E-state index contributed by atoms with van der Waals surface area (Å²) >= 11 is 0. The molecule has 1 atom stereocenters. The van der Waals surface area contributed by atoms with Crippen LogP contribution in [0.4, 0.5) is 4.79 Å². The standard InChI is InChI=1S/C13H15NO4/c1-16-12(15)14-11-6-13(11)17-7-9-4-2-3-5-10(9)8-18-13/h2-5,11H,6-8H2,1H3,(H,14,15). The summed E-state index contributed by atoms with van der Waals surface area (Å²) < 4.78 is 16.2. The van der Waals surface area contributed by atoms with E-state index in [2.05, 4.69) is 10.1 Å². The molecule has 5 heteroatoms. The van der Waals surface area contributed by atoms with Crippen molar-refractivity contribution in [3.8, 4) is 0 Å². The fourth-order valence-electron chi connectivity index (χ4n) is 2.19. The van der Waals surface area contributed by atoms with Crippen molar-refractivity contribution >= 4 is 6.09 Å². The minimum Gasteiger partial charge on any atom is -0.453 e. The Kier molecular flexibility index (Phi) is 2.72. The quantitative estimate of drug-likeness (QED) is 0.820. The second-order valence-corrected chi connectivity index (χ2v) is 4.55. The number of amides is 1. The molecule has 1 saturated carbocycles. The number of alkyl carbamates (subject to hydrolysis) is 1. The second kappa shape index (κ2) is 4.26. The first-order valence-electron chi connectivity index (χ1n) is 5.93. The molecule has 18 heavy (non-hydrogen) atoms. The van der Waals surface area contributed by atoms with Crippen LogP contribution >= 0.6 is 0 Å². The van der Waals surface area contributed by atoms with Gasteiger partial charge < -0.3 is 19.5 Å². The Balaban J connectivity index is 1.68. The maximum atomic E-state index is 11.1. The SMILES string of the molecule is COC(=O)NC1CC12OCc1ccccc1CO2. The predicted octanol–water partition coefficient (Wildman–Crippen LogP) is 1.56. The van der Waals surface area contributed by atoms with E-state index in [9.17, 15) is 4.79 Å². The normalized spacial score (nSPS) is 23.9. The zero-order valence-corrected chi connectivity index (χ0v) is 10.1. The van der Waals surface area contributed by atoms with E-state index in [1.807, 2.05) is 24.3 Å². The molecule has 1 amide bonds. The highest BCUT2D eigenvalue weighted by atomic mass is 16.7. The van der Waals surface area contributed by atoms with Crippen LogP contribution in [0.25, 0.3) is 0 Å². The maximum absolute atomic E-state index is 11.1. The van der Waals surface area contributed by atoms with Crippen molar-refractivity contribution in [3.63, 3.8) is 0 Å². The summed E-state index contributed by atoms with van der Waals surface area (Å²) in [6, 6.07) is 7.90. The first kappa shape index (κ1) is 11.5. The Hall–Kier alpha value is -1.59. The van der Waals surface area contributed by atoms with Crippen LogP contribution < -0.4 is 5.32 Å². The lowest BCUT2D eigenvalue weighted by molar-refractivity contribution is -0.178. The van der Waals surface area contributed by atoms with Gasteiger partial charge >= 0.3 is 6.09 Å². The van der Waals surface area contributed by atoms with E-state index in [1.165, 1.54) is 7.11 Å². The second-order valence-electron chi connectivity index (χ2n) is 4.55. The van der Waals surface area contributed by atoms with Gasteiger partial charge in [0.25, 0.3) is 0 Å². The Bertz CT molecular complexity index is 447. The number of methoxy groups -OCH3 is 1. The van der Waals surface area contributed by atoms with Gasteiger partial charge in [-0.15, -0.1) is 0 Å². The van der Waals surface area contributed by atoms with Gasteiger partial charge in [-0.3, -0.25) is 0 Å². The summed E-state index contributed by atoms with van der Waals surface area (Å²) in [5.41, 5.74) is 2.27. The average molecular weight is 249 g/mol. The molecule has 0 radical (unpaired) electrons. The molecule has 3 rings (SSSR count). The number of rotatable bonds is 1. The third-order valence-corrected chi connectivity index (χ3v) is 3.40. The van der Waals surface area contributed by atoms with Gasteiger partial charge in [-0.2, -0.15) is 0 Å². The molecule has 1 unspecified atom stereocenters. The molecule has 96 valence electrons. The van der Waals surface area contributed by atoms with E-state index in [-0.39, 0.29) is 6.04 Å². The third-order valence-electron chi connectivity index (χ3n) is 3.40. The van der Waals surface area contributed by atoms with Crippen LogP contribution in [0.5, 0.6) is 0 Å². The number of carbonyl (C=O) groups excluding carboxylic acids is 1. The highest BCUT2D eigenvalue weighted by molar-refractivity contribution is 5.68. The van der Waals surface area contributed by atoms with E-state index in [4.69, 9.17) is 9.47 Å². The summed E-state index contributed by atoms with van der Waals surface area (Å²) in [4.78, 5) is 11.1. The Labute approximate surface area is 105 Å². The van der Waals surface area contributed by atoms with Crippen molar-refractivity contribution in [2.45, 2.75) is 31.5 Å². The molecular formula is C13H15NO4. The minimum atomic E-state index is -0.673. The molecule has 1 aromatic carbocycles. The Morgan fingerprint density at radius 1 is 1.33 bits per heavy atom. The van der Waals surface area contributed by atoms with E-state index >= 15 is 0 Å². The predicted molar refractivity (Wildman–Crippen MR) is 62.7 cm³/mol. The van der Waals surface area contributed by atoms with Gasteiger partial charge in [0.05, 0.1) is 26.4 Å². The number of ether oxygens (including phenoxy) is 3. The summed E-state index contributed by atoms with van der Waals surface area (Å²) in [7, 11) is 1.34. The monoisotopic (exact) mass is 249 g/mol. The molecule has 2 aliphatic rings. The van der Waals surface area contributed by atoms with Gasteiger partial charge in [-0.1, -0.05) is 24.3 Å². The van der Waals surface area contributed by atoms with E-state index < -0.39 is 11.9 Å². The highest BCUT2D eigenvalue weighted by Crippen LogP contribution is 2.44. The number of nitrogens with one attached hydrogen (secondary N) is 1. The van der Waals surface area contributed by atoms with Gasteiger partial charge in [0, 0.05) is 6.42 Å². The molecule has 1 aliphatic heterocycles. The third kappa shape index (κ3) is 1.95. The van der Waals surface area contributed by atoms with Crippen LogP contribution in [0.15, 0.2) is 24.3 Å². The zero-order chi connectivity index (χ0) is 12.6. The van der Waals surface area contributed by atoms with Crippen LogP contribution in [0.1, 0.15) is 17.5 Å². The van der Waals surface area contributed by atoms with Crippen LogP contribution in [0, 0.1) is 0 Å². The highest BCUT2D eigenvalue weighted by Gasteiger charge is 2.59. The Morgan fingerprint density at radius 3 is 2.50 bits per heavy atom. The number of hydrogen-bond donors (Lipinski definition) is 1. The molecule has 1 fully saturated rings. The molecule has 0 aromatic heterocycles. The topological polar surface area (TPSA) is 56.8 Å². The summed E-state index contributed by atoms with van der Waals surface area (Å²) in [6.07, 6.45) is 0.210. The van der Waals surface area contributed by atoms with E-state index in [0.717, 1.165) is 11.1 Å². The molecule has 1 spiro atoms. The fraction of sp³-hybridized carbons (Fsp3) is 0.462. The fourth-order valence-corrected chi connectivity index (χ4v) is 2.19. The van der Waals surface area contributed by atoms with Crippen molar-refractivity contribution in [3.05, 3.63) is 35.4 Å². The van der Waals surface area contributed by atoms with Crippen molar-refractivity contribution in [2.75, 3.05) is 7.11 Å². The van der Waals surface area contributed by atoms with Gasteiger partial charge in [0.1, 0.15) is 0 Å². The first-order chi connectivity index (χ1) is 8.73. The lowest BCUT2D eigenvalue weighted by Gasteiger charge is -2.15. The molecule has 0 saturated heterocycles. The maximum Gasteiger partial charge on any atom is 0.407 e.